The molecule has 0 aliphatic heterocycles. The number of thiazole rings is 1. The molecule has 7 heteroatoms. The molecule has 0 spiro atoms. The molecule has 128 valence electrons. The molecule has 25 heavy (non-hydrogen) atoms. The fourth-order valence-electron chi connectivity index (χ4n) is 2.31. The van der Waals surface area contributed by atoms with E-state index in [9.17, 15) is 4.79 Å². The molecule has 2 aromatic carbocycles. The predicted octanol–water partition coefficient (Wildman–Crippen LogP) is 6.25. The summed E-state index contributed by atoms with van der Waals surface area (Å²) in [5.74, 6) is -0.285. The van der Waals surface area contributed by atoms with E-state index in [-0.39, 0.29) is 5.91 Å². The second kappa shape index (κ2) is 7.75. The van der Waals surface area contributed by atoms with Crippen LogP contribution in [-0.4, -0.2) is 10.9 Å². The molecule has 1 amide bonds. The molecule has 0 aliphatic rings. The maximum absolute atomic E-state index is 12.3. The third-order valence-electron chi connectivity index (χ3n) is 3.59. The highest BCUT2D eigenvalue weighted by Gasteiger charge is 2.15. The topological polar surface area (TPSA) is 42.0 Å². The Bertz CT molecular complexity index is 940. The number of aromatic nitrogens is 1. The molecular formula is C18H13Cl3N2OS. The highest BCUT2D eigenvalue weighted by molar-refractivity contribution is 7.15. The molecule has 0 atom stereocenters. The van der Waals surface area contributed by atoms with Gasteiger partial charge in [0.05, 0.1) is 16.3 Å². The maximum atomic E-state index is 12.3. The van der Waals surface area contributed by atoms with Crippen LogP contribution in [0.1, 0.15) is 26.5 Å². The van der Waals surface area contributed by atoms with Crippen molar-refractivity contribution in [2.45, 2.75) is 13.3 Å². The number of carbonyl (C=O) groups is 1. The number of hydrogen-bond donors (Lipinski definition) is 1. The zero-order valence-corrected chi connectivity index (χ0v) is 16.2. The average Bonchev–Trinajstić information content (AvgIpc) is 2.90. The van der Waals surface area contributed by atoms with Crippen molar-refractivity contribution >= 4 is 57.2 Å². The van der Waals surface area contributed by atoms with Gasteiger partial charge in [0.1, 0.15) is 0 Å². The van der Waals surface area contributed by atoms with Crippen LogP contribution in [0.3, 0.4) is 0 Å². The van der Waals surface area contributed by atoms with Crippen molar-refractivity contribution in [3.63, 3.8) is 0 Å². The molecule has 1 aromatic heterocycles. The number of amides is 1. The van der Waals surface area contributed by atoms with E-state index in [1.807, 2.05) is 13.0 Å². The lowest BCUT2D eigenvalue weighted by Gasteiger charge is -2.04. The fourth-order valence-corrected chi connectivity index (χ4v) is 3.89. The monoisotopic (exact) mass is 410 g/mol. The number of hydrogen-bond acceptors (Lipinski definition) is 3. The lowest BCUT2D eigenvalue weighted by Crippen LogP contribution is -2.12. The zero-order chi connectivity index (χ0) is 18.0. The highest BCUT2D eigenvalue weighted by atomic mass is 35.5. The Labute approximate surface area is 164 Å². The van der Waals surface area contributed by atoms with Crippen molar-refractivity contribution in [3.05, 3.63) is 79.2 Å². The van der Waals surface area contributed by atoms with Crippen LogP contribution in [-0.2, 0) is 6.42 Å². The zero-order valence-electron chi connectivity index (χ0n) is 13.1. The van der Waals surface area contributed by atoms with Gasteiger partial charge in [0.15, 0.2) is 5.13 Å². The average molecular weight is 412 g/mol. The largest absolute Gasteiger partial charge is 0.298 e. The Morgan fingerprint density at radius 2 is 1.88 bits per heavy atom. The van der Waals surface area contributed by atoms with Crippen LogP contribution in [0.5, 0.6) is 0 Å². The normalized spacial score (nSPS) is 10.7. The van der Waals surface area contributed by atoms with Gasteiger partial charge in [-0.05, 0) is 42.8 Å². The van der Waals surface area contributed by atoms with Crippen LogP contribution >= 0.6 is 46.1 Å². The third-order valence-corrected chi connectivity index (χ3v) is 5.60. The van der Waals surface area contributed by atoms with Crippen molar-refractivity contribution in [3.8, 4) is 0 Å². The van der Waals surface area contributed by atoms with E-state index in [4.69, 9.17) is 34.8 Å². The van der Waals surface area contributed by atoms with Gasteiger partial charge in [-0.25, -0.2) is 4.98 Å². The summed E-state index contributed by atoms with van der Waals surface area (Å²) in [4.78, 5) is 17.8. The second-order valence-corrected chi connectivity index (χ2v) is 7.71. The molecule has 0 radical (unpaired) electrons. The van der Waals surface area contributed by atoms with Gasteiger partial charge in [0.2, 0.25) is 0 Å². The first-order valence-electron chi connectivity index (χ1n) is 7.40. The number of nitrogens with zero attached hydrogens (tertiary/aromatic N) is 1. The molecule has 0 fully saturated rings. The highest BCUT2D eigenvalue weighted by Crippen LogP contribution is 2.29. The molecule has 0 bridgehead atoms. The molecule has 1 heterocycles. The maximum Gasteiger partial charge on any atom is 0.258 e. The van der Waals surface area contributed by atoms with Gasteiger partial charge in [-0.2, -0.15) is 0 Å². The summed E-state index contributed by atoms with van der Waals surface area (Å²) < 4.78 is 0. The summed E-state index contributed by atoms with van der Waals surface area (Å²) in [6.45, 7) is 1.90. The predicted molar refractivity (Wildman–Crippen MR) is 106 cm³/mol. The van der Waals surface area contributed by atoms with Crippen molar-refractivity contribution in [2.24, 2.45) is 0 Å². The first-order valence-corrected chi connectivity index (χ1v) is 9.35. The van der Waals surface area contributed by atoms with E-state index in [0.717, 1.165) is 16.1 Å². The van der Waals surface area contributed by atoms with Gasteiger partial charge in [-0.1, -0.05) is 46.9 Å². The Hall–Kier alpha value is -1.59. The Kier molecular flexibility index (Phi) is 5.64. The van der Waals surface area contributed by atoms with Gasteiger partial charge in [-0.15, -0.1) is 11.3 Å². The standard InChI is InChI=1S/C18H13Cl3N2OS/c1-10-16(9-11-8-12(19)6-7-14(11)20)25-18(22-10)23-17(24)13-4-2-3-5-15(13)21/h2-8H,9H2,1H3,(H,22,23,24). The van der Waals surface area contributed by atoms with Crippen LogP contribution < -0.4 is 5.32 Å². The number of halogens is 3. The minimum absolute atomic E-state index is 0.285. The van der Waals surface area contributed by atoms with Crippen molar-refractivity contribution < 1.29 is 4.79 Å². The smallest absolute Gasteiger partial charge is 0.258 e. The first-order chi connectivity index (χ1) is 11.9. The molecule has 0 unspecified atom stereocenters. The molecule has 1 N–H and O–H groups in total. The van der Waals surface area contributed by atoms with Crippen LogP contribution in [0.15, 0.2) is 42.5 Å². The molecule has 0 saturated heterocycles. The number of carbonyl (C=O) groups excluding carboxylic acids is 1. The van der Waals surface area contributed by atoms with E-state index < -0.39 is 0 Å². The van der Waals surface area contributed by atoms with Crippen LogP contribution in [0.2, 0.25) is 15.1 Å². The summed E-state index contributed by atoms with van der Waals surface area (Å²) in [7, 11) is 0. The number of anilines is 1. The summed E-state index contributed by atoms with van der Waals surface area (Å²) in [5, 5.41) is 5.01. The Morgan fingerprint density at radius 3 is 2.64 bits per heavy atom. The molecule has 3 rings (SSSR count). The Balaban J connectivity index is 1.80. The first kappa shape index (κ1) is 18.2. The minimum Gasteiger partial charge on any atom is -0.298 e. The van der Waals surface area contributed by atoms with E-state index in [0.29, 0.717) is 32.2 Å². The SMILES string of the molecule is Cc1nc(NC(=O)c2ccccc2Cl)sc1Cc1cc(Cl)ccc1Cl. The van der Waals surface area contributed by atoms with E-state index in [1.54, 1.807) is 36.4 Å². The van der Waals surface area contributed by atoms with Crippen LogP contribution in [0.25, 0.3) is 0 Å². The lowest BCUT2D eigenvalue weighted by atomic mass is 10.1. The third kappa shape index (κ3) is 4.33. The Morgan fingerprint density at radius 1 is 1.12 bits per heavy atom. The van der Waals surface area contributed by atoms with Gasteiger partial charge in [0.25, 0.3) is 5.91 Å². The molecule has 0 aliphatic carbocycles. The van der Waals surface area contributed by atoms with Crippen molar-refractivity contribution in [1.29, 1.82) is 0 Å². The quantitative estimate of drug-likeness (QED) is 0.551. The number of aryl methyl sites for hydroxylation is 1. The van der Waals surface area contributed by atoms with E-state index >= 15 is 0 Å². The molecule has 3 nitrogen and oxygen atoms in total. The molecule has 0 saturated carbocycles. The summed E-state index contributed by atoms with van der Waals surface area (Å²) in [6.07, 6.45) is 0.602. The molecular weight excluding hydrogens is 399 g/mol. The van der Waals surface area contributed by atoms with Crippen molar-refractivity contribution in [2.75, 3.05) is 5.32 Å². The van der Waals surface area contributed by atoms with Crippen LogP contribution in [0.4, 0.5) is 5.13 Å². The van der Waals surface area contributed by atoms with Gasteiger partial charge in [0, 0.05) is 21.3 Å². The summed E-state index contributed by atoms with van der Waals surface area (Å²) >= 11 is 19.7. The minimum atomic E-state index is -0.285. The van der Waals surface area contributed by atoms with Crippen molar-refractivity contribution in [1.82, 2.24) is 4.98 Å². The van der Waals surface area contributed by atoms with Crippen LogP contribution in [0, 0.1) is 6.92 Å². The number of nitrogens with one attached hydrogen (secondary N) is 1. The lowest BCUT2D eigenvalue weighted by molar-refractivity contribution is 0.102. The number of benzene rings is 2. The summed E-state index contributed by atoms with van der Waals surface area (Å²) in [5.41, 5.74) is 2.18. The van der Waals surface area contributed by atoms with Gasteiger partial charge < -0.3 is 0 Å². The van der Waals surface area contributed by atoms with Gasteiger partial charge >= 0.3 is 0 Å². The fraction of sp³-hybridized carbons (Fsp3) is 0.111. The van der Waals surface area contributed by atoms with E-state index in [2.05, 4.69) is 10.3 Å². The van der Waals surface area contributed by atoms with E-state index in [1.165, 1.54) is 11.3 Å². The van der Waals surface area contributed by atoms with Gasteiger partial charge in [-0.3, -0.25) is 10.1 Å². The number of rotatable bonds is 4. The summed E-state index contributed by atoms with van der Waals surface area (Å²) in [6, 6.07) is 12.3. The second-order valence-electron chi connectivity index (χ2n) is 5.37. The molecule has 3 aromatic rings.